The maximum atomic E-state index is 5.81. The van der Waals surface area contributed by atoms with Crippen LogP contribution in [0.25, 0.3) is 0 Å². The molecular weight excluding hydrogens is 228 g/mol. The predicted octanol–water partition coefficient (Wildman–Crippen LogP) is 1.24. The maximum absolute atomic E-state index is 5.81. The maximum Gasteiger partial charge on any atom is 0.134 e. The highest BCUT2D eigenvalue weighted by molar-refractivity contribution is 5.54. The van der Waals surface area contributed by atoms with E-state index < -0.39 is 0 Å². The number of rotatable bonds is 5. The van der Waals surface area contributed by atoms with Crippen LogP contribution in [-0.2, 0) is 13.0 Å². The Balaban J connectivity index is 1.96. The zero-order valence-corrected chi connectivity index (χ0v) is 10.7. The van der Waals surface area contributed by atoms with Crippen molar-refractivity contribution in [3.05, 3.63) is 29.8 Å². The van der Waals surface area contributed by atoms with Gasteiger partial charge in [-0.1, -0.05) is 6.92 Å². The Morgan fingerprint density at radius 1 is 1.39 bits per heavy atom. The molecule has 0 radical (unpaired) electrons. The predicted molar refractivity (Wildman–Crippen MR) is 71.3 cm³/mol. The van der Waals surface area contributed by atoms with Gasteiger partial charge in [-0.3, -0.25) is 4.68 Å². The molecule has 0 spiro atoms. The number of nitrogen functional groups attached to an aromatic ring is 1. The molecular formula is C12H18N6. The second-order valence-electron chi connectivity index (χ2n) is 4.15. The summed E-state index contributed by atoms with van der Waals surface area (Å²) in [6.07, 6.45) is 6.15. The van der Waals surface area contributed by atoms with Crippen LogP contribution in [0.2, 0.25) is 0 Å². The van der Waals surface area contributed by atoms with Crippen molar-refractivity contribution in [3.63, 3.8) is 0 Å². The molecule has 0 atom stereocenters. The first kappa shape index (κ1) is 12.3. The smallest absolute Gasteiger partial charge is 0.134 e. The van der Waals surface area contributed by atoms with Crippen molar-refractivity contribution >= 4 is 11.6 Å². The standard InChI is InChI=1S/C12H18N6/c1-3-10-11(13)15-8-16-12(10)14-4-5-18-7-9(2)6-17-18/h6-8H,3-5H2,1-2H3,(H3,13,14,15,16). The number of nitrogens with one attached hydrogen (secondary N) is 1. The molecule has 0 aromatic carbocycles. The van der Waals surface area contributed by atoms with Crippen molar-refractivity contribution in [3.8, 4) is 0 Å². The van der Waals surface area contributed by atoms with Gasteiger partial charge in [-0.05, 0) is 18.9 Å². The van der Waals surface area contributed by atoms with Crippen LogP contribution in [0.4, 0.5) is 11.6 Å². The first-order valence-electron chi connectivity index (χ1n) is 6.03. The van der Waals surface area contributed by atoms with E-state index in [9.17, 15) is 0 Å². The monoisotopic (exact) mass is 246 g/mol. The molecule has 2 aromatic heterocycles. The number of nitrogens with zero attached hydrogens (tertiary/aromatic N) is 4. The molecule has 2 rings (SSSR count). The van der Waals surface area contributed by atoms with Gasteiger partial charge < -0.3 is 11.1 Å². The summed E-state index contributed by atoms with van der Waals surface area (Å²) in [6, 6.07) is 0. The van der Waals surface area contributed by atoms with Crippen LogP contribution in [0.1, 0.15) is 18.1 Å². The van der Waals surface area contributed by atoms with E-state index in [0.717, 1.165) is 36.5 Å². The fraction of sp³-hybridized carbons (Fsp3) is 0.417. The fourth-order valence-corrected chi connectivity index (χ4v) is 1.80. The molecule has 3 N–H and O–H groups in total. The molecule has 0 aliphatic rings. The highest BCUT2D eigenvalue weighted by Crippen LogP contribution is 2.17. The molecule has 0 aliphatic heterocycles. The van der Waals surface area contributed by atoms with Crippen LogP contribution in [0.15, 0.2) is 18.7 Å². The van der Waals surface area contributed by atoms with Crippen LogP contribution in [0.3, 0.4) is 0 Å². The molecule has 96 valence electrons. The minimum atomic E-state index is 0.546. The van der Waals surface area contributed by atoms with Gasteiger partial charge in [0, 0.05) is 18.3 Å². The molecule has 6 nitrogen and oxygen atoms in total. The topological polar surface area (TPSA) is 81.6 Å². The highest BCUT2D eigenvalue weighted by atomic mass is 15.3. The summed E-state index contributed by atoms with van der Waals surface area (Å²) in [5.41, 5.74) is 7.94. The van der Waals surface area contributed by atoms with Crippen LogP contribution in [0, 0.1) is 6.92 Å². The fourth-order valence-electron chi connectivity index (χ4n) is 1.80. The van der Waals surface area contributed by atoms with E-state index in [1.165, 1.54) is 6.33 Å². The van der Waals surface area contributed by atoms with Gasteiger partial charge in [-0.25, -0.2) is 9.97 Å². The summed E-state index contributed by atoms with van der Waals surface area (Å²) in [5.74, 6) is 1.36. The van der Waals surface area contributed by atoms with E-state index >= 15 is 0 Å². The average Bonchev–Trinajstić information content (AvgIpc) is 2.75. The first-order valence-corrected chi connectivity index (χ1v) is 6.03. The van der Waals surface area contributed by atoms with Crippen molar-refractivity contribution in [2.24, 2.45) is 0 Å². The van der Waals surface area contributed by atoms with Crippen molar-refractivity contribution in [1.29, 1.82) is 0 Å². The van der Waals surface area contributed by atoms with Gasteiger partial charge in [-0.2, -0.15) is 5.10 Å². The van der Waals surface area contributed by atoms with E-state index in [0.29, 0.717) is 5.82 Å². The summed E-state index contributed by atoms with van der Waals surface area (Å²) in [5, 5.41) is 7.50. The summed E-state index contributed by atoms with van der Waals surface area (Å²) in [6.45, 7) is 5.61. The molecule has 0 saturated carbocycles. The lowest BCUT2D eigenvalue weighted by Crippen LogP contribution is -2.14. The summed E-state index contributed by atoms with van der Waals surface area (Å²) < 4.78 is 1.90. The van der Waals surface area contributed by atoms with Gasteiger partial charge in [0.25, 0.3) is 0 Å². The van der Waals surface area contributed by atoms with Crippen LogP contribution in [0.5, 0.6) is 0 Å². The normalized spacial score (nSPS) is 10.6. The third-order valence-electron chi connectivity index (χ3n) is 2.73. The van der Waals surface area contributed by atoms with Crippen molar-refractivity contribution in [1.82, 2.24) is 19.7 Å². The Bertz CT molecular complexity index is 519. The van der Waals surface area contributed by atoms with E-state index in [2.05, 4.69) is 20.4 Å². The Morgan fingerprint density at radius 2 is 2.22 bits per heavy atom. The van der Waals surface area contributed by atoms with Crippen LogP contribution < -0.4 is 11.1 Å². The Morgan fingerprint density at radius 3 is 2.89 bits per heavy atom. The minimum Gasteiger partial charge on any atom is -0.383 e. The van der Waals surface area contributed by atoms with Crippen LogP contribution >= 0.6 is 0 Å². The van der Waals surface area contributed by atoms with Gasteiger partial charge in [-0.15, -0.1) is 0 Å². The molecule has 0 fully saturated rings. The van der Waals surface area contributed by atoms with Crippen molar-refractivity contribution in [2.45, 2.75) is 26.8 Å². The number of aryl methyl sites for hydroxylation is 1. The van der Waals surface area contributed by atoms with Gasteiger partial charge in [0.1, 0.15) is 18.0 Å². The molecule has 0 bridgehead atoms. The molecule has 0 unspecified atom stereocenters. The Hall–Kier alpha value is -2.11. The lowest BCUT2D eigenvalue weighted by Gasteiger charge is -2.10. The summed E-state index contributed by atoms with van der Waals surface area (Å²) in [4.78, 5) is 8.20. The minimum absolute atomic E-state index is 0.546. The molecule has 0 saturated heterocycles. The van der Waals surface area contributed by atoms with Gasteiger partial charge in [0.2, 0.25) is 0 Å². The zero-order chi connectivity index (χ0) is 13.0. The molecule has 6 heteroatoms. The molecule has 2 heterocycles. The highest BCUT2D eigenvalue weighted by Gasteiger charge is 2.06. The number of anilines is 2. The number of aromatic nitrogens is 4. The van der Waals surface area contributed by atoms with Gasteiger partial charge >= 0.3 is 0 Å². The third-order valence-corrected chi connectivity index (χ3v) is 2.73. The van der Waals surface area contributed by atoms with Crippen molar-refractivity contribution < 1.29 is 0 Å². The van der Waals surface area contributed by atoms with E-state index in [1.54, 1.807) is 0 Å². The largest absolute Gasteiger partial charge is 0.383 e. The van der Waals surface area contributed by atoms with Gasteiger partial charge in [0.15, 0.2) is 0 Å². The summed E-state index contributed by atoms with van der Waals surface area (Å²) in [7, 11) is 0. The van der Waals surface area contributed by atoms with E-state index in [-0.39, 0.29) is 0 Å². The molecule has 0 amide bonds. The second-order valence-corrected chi connectivity index (χ2v) is 4.15. The lowest BCUT2D eigenvalue weighted by molar-refractivity contribution is 0.636. The van der Waals surface area contributed by atoms with Crippen LogP contribution in [-0.4, -0.2) is 26.3 Å². The zero-order valence-electron chi connectivity index (χ0n) is 10.7. The average molecular weight is 246 g/mol. The van der Waals surface area contributed by atoms with E-state index in [1.807, 2.05) is 30.9 Å². The summed E-state index contributed by atoms with van der Waals surface area (Å²) >= 11 is 0. The molecule has 0 aliphatic carbocycles. The molecule has 18 heavy (non-hydrogen) atoms. The number of hydrogen-bond acceptors (Lipinski definition) is 5. The van der Waals surface area contributed by atoms with Crippen molar-refractivity contribution in [2.75, 3.05) is 17.6 Å². The van der Waals surface area contributed by atoms with E-state index in [4.69, 9.17) is 5.73 Å². The quantitative estimate of drug-likeness (QED) is 0.829. The Kier molecular flexibility index (Phi) is 3.76. The first-order chi connectivity index (χ1) is 8.70. The van der Waals surface area contributed by atoms with Gasteiger partial charge in [0.05, 0.1) is 12.7 Å². The lowest BCUT2D eigenvalue weighted by atomic mass is 10.2. The number of nitrogens with two attached hydrogens (primary N) is 1. The second kappa shape index (κ2) is 5.48. The molecule has 2 aromatic rings. The number of hydrogen-bond donors (Lipinski definition) is 2. The Labute approximate surface area is 106 Å². The third kappa shape index (κ3) is 2.77. The SMILES string of the molecule is CCc1c(N)ncnc1NCCn1cc(C)cn1.